The molecule has 0 spiro atoms. The first-order valence-electron chi connectivity index (χ1n) is 6.49. The summed E-state index contributed by atoms with van der Waals surface area (Å²) in [4.78, 5) is 13.0. The van der Waals surface area contributed by atoms with E-state index in [9.17, 15) is 4.79 Å². The maximum Gasteiger partial charge on any atom is 0.234 e. The average Bonchev–Trinajstić information content (AvgIpc) is 2.88. The monoisotopic (exact) mass is 352 g/mol. The van der Waals surface area contributed by atoms with Crippen LogP contribution in [0.3, 0.4) is 0 Å². The van der Waals surface area contributed by atoms with Crippen LogP contribution in [0, 0.1) is 0 Å². The number of nitrogens with one attached hydrogen (secondary N) is 2. The molecular formula is C15H17BrN2OS. The molecule has 5 heteroatoms. The van der Waals surface area contributed by atoms with Crippen molar-refractivity contribution in [3.63, 3.8) is 0 Å². The minimum Gasteiger partial charge on any atom is -0.351 e. The third-order valence-electron chi connectivity index (χ3n) is 2.80. The molecule has 3 nitrogen and oxygen atoms in total. The number of hydrogen-bond donors (Lipinski definition) is 2. The van der Waals surface area contributed by atoms with Crippen molar-refractivity contribution in [1.29, 1.82) is 0 Å². The SMILES string of the molecule is O=C(CNCCc1ccc(Br)s1)NCc1ccccc1. The highest BCUT2D eigenvalue weighted by atomic mass is 79.9. The molecule has 20 heavy (non-hydrogen) atoms. The number of carbonyl (C=O) groups excluding carboxylic acids is 1. The van der Waals surface area contributed by atoms with Crippen LogP contribution in [0.15, 0.2) is 46.3 Å². The first-order chi connectivity index (χ1) is 9.74. The summed E-state index contributed by atoms with van der Waals surface area (Å²) < 4.78 is 1.15. The zero-order valence-corrected chi connectivity index (χ0v) is 13.5. The van der Waals surface area contributed by atoms with Crippen molar-refractivity contribution in [3.8, 4) is 0 Å². The predicted octanol–water partition coefficient (Wildman–Crippen LogP) is 2.96. The lowest BCUT2D eigenvalue weighted by Gasteiger charge is -2.06. The molecule has 0 saturated carbocycles. The summed E-state index contributed by atoms with van der Waals surface area (Å²) in [5, 5.41) is 6.05. The van der Waals surface area contributed by atoms with Crippen molar-refractivity contribution in [2.75, 3.05) is 13.1 Å². The zero-order chi connectivity index (χ0) is 14.2. The van der Waals surface area contributed by atoms with Gasteiger partial charge in [0.1, 0.15) is 0 Å². The minimum atomic E-state index is 0.0289. The molecule has 0 saturated heterocycles. The Morgan fingerprint density at radius 1 is 1.15 bits per heavy atom. The third kappa shape index (κ3) is 5.45. The Morgan fingerprint density at radius 3 is 2.65 bits per heavy atom. The lowest BCUT2D eigenvalue weighted by molar-refractivity contribution is -0.120. The van der Waals surface area contributed by atoms with Crippen molar-refractivity contribution < 1.29 is 4.79 Å². The molecule has 1 amide bonds. The Labute approximate surface area is 131 Å². The van der Waals surface area contributed by atoms with Gasteiger partial charge in [0.2, 0.25) is 5.91 Å². The van der Waals surface area contributed by atoms with Crippen LogP contribution < -0.4 is 10.6 Å². The minimum absolute atomic E-state index is 0.0289. The highest BCUT2D eigenvalue weighted by Gasteiger charge is 2.01. The Morgan fingerprint density at radius 2 is 1.95 bits per heavy atom. The standard InChI is InChI=1S/C15H17BrN2OS/c16-14-7-6-13(20-14)8-9-17-11-15(19)18-10-12-4-2-1-3-5-12/h1-7,17H,8-11H2,(H,18,19). The number of benzene rings is 1. The molecule has 106 valence electrons. The second-order valence-corrected chi connectivity index (χ2v) is 6.94. The fourth-order valence-electron chi connectivity index (χ4n) is 1.76. The summed E-state index contributed by atoms with van der Waals surface area (Å²) in [5.41, 5.74) is 1.12. The van der Waals surface area contributed by atoms with Crippen LogP contribution in [0.25, 0.3) is 0 Å². The van der Waals surface area contributed by atoms with Crippen LogP contribution >= 0.6 is 27.3 Å². The zero-order valence-electron chi connectivity index (χ0n) is 11.1. The van der Waals surface area contributed by atoms with E-state index in [0.29, 0.717) is 13.1 Å². The van der Waals surface area contributed by atoms with Gasteiger partial charge in [-0.2, -0.15) is 0 Å². The van der Waals surface area contributed by atoms with Crippen LogP contribution in [0.2, 0.25) is 0 Å². The quantitative estimate of drug-likeness (QED) is 0.752. The fourth-order valence-corrected chi connectivity index (χ4v) is 3.24. The van der Waals surface area contributed by atoms with Crippen LogP contribution in [-0.2, 0) is 17.8 Å². The highest BCUT2D eigenvalue weighted by molar-refractivity contribution is 9.11. The summed E-state index contributed by atoms with van der Waals surface area (Å²) in [5.74, 6) is 0.0289. The van der Waals surface area contributed by atoms with Crippen LogP contribution in [0.1, 0.15) is 10.4 Å². The number of halogens is 1. The Balaban J connectivity index is 1.58. The van der Waals surface area contributed by atoms with Crippen molar-refractivity contribution in [3.05, 3.63) is 56.7 Å². The van der Waals surface area contributed by atoms with Gasteiger partial charge in [0.15, 0.2) is 0 Å². The molecule has 0 unspecified atom stereocenters. The molecule has 2 rings (SSSR count). The molecule has 2 N–H and O–H groups in total. The second-order valence-electron chi connectivity index (χ2n) is 4.39. The maximum atomic E-state index is 11.7. The molecule has 0 aliphatic rings. The van der Waals surface area contributed by atoms with E-state index < -0.39 is 0 Å². The number of amides is 1. The third-order valence-corrected chi connectivity index (χ3v) is 4.48. The molecule has 2 aromatic rings. The van der Waals surface area contributed by atoms with Gasteiger partial charge in [0, 0.05) is 18.0 Å². The van der Waals surface area contributed by atoms with Gasteiger partial charge in [-0.3, -0.25) is 4.79 Å². The molecule has 1 aromatic carbocycles. The number of thiophene rings is 1. The van der Waals surface area contributed by atoms with E-state index in [1.165, 1.54) is 4.88 Å². The molecule has 1 heterocycles. The largest absolute Gasteiger partial charge is 0.351 e. The molecule has 0 atom stereocenters. The lowest BCUT2D eigenvalue weighted by atomic mass is 10.2. The van der Waals surface area contributed by atoms with Gasteiger partial charge in [0.25, 0.3) is 0 Å². The van der Waals surface area contributed by atoms with Crippen LogP contribution in [0.4, 0.5) is 0 Å². The average molecular weight is 353 g/mol. The van der Waals surface area contributed by atoms with Crippen molar-refractivity contribution in [2.45, 2.75) is 13.0 Å². The summed E-state index contributed by atoms with van der Waals surface area (Å²) in [6.45, 7) is 1.75. The smallest absolute Gasteiger partial charge is 0.234 e. The molecule has 0 bridgehead atoms. The van der Waals surface area contributed by atoms with Gasteiger partial charge in [-0.1, -0.05) is 30.3 Å². The highest BCUT2D eigenvalue weighted by Crippen LogP contribution is 2.21. The molecule has 0 radical (unpaired) electrons. The molecule has 0 aliphatic carbocycles. The van der Waals surface area contributed by atoms with E-state index in [1.807, 2.05) is 36.4 Å². The topological polar surface area (TPSA) is 41.1 Å². The second kappa shape index (κ2) is 8.19. The van der Waals surface area contributed by atoms with Gasteiger partial charge in [-0.05, 0) is 40.0 Å². The van der Waals surface area contributed by atoms with Crippen molar-refractivity contribution in [1.82, 2.24) is 10.6 Å². The molecule has 1 aromatic heterocycles. The van der Waals surface area contributed by atoms with Gasteiger partial charge >= 0.3 is 0 Å². The maximum absolute atomic E-state index is 11.7. The number of hydrogen-bond acceptors (Lipinski definition) is 3. The van der Waals surface area contributed by atoms with E-state index in [4.69, 9.17) is 0 Å². The first-order valence-corrected chi connectivity index (χ1v) is 8.10. The molecular weight excluding hydrogens is 336 g/mol. The van der Waals surface area contributed by atoms with Gasteiger partial charge in [-0.15, -0.1) is 11.3 Å². The Hall–Kier alpha value is -1.17. The van der Waals surface area contributed by atoms with E-state index in [2.05, 4.69) is 32.6 Å². The molecule has 0 aliphatic heterocycles. The summed E-state index contributed by atoms with van der Waals surface area (Å²) in [6, 6.07) is 14.1. The van der Waals surface area contributed by atoms with Crippen LogP contribution in [0.5, 0.6) is 0 Å². The summed E-state index contributed by atoms with van der Waals surface area (Å²) in [7, 11) is 0. The Kier molecular flexibility index (Phi) is 6.24. The normalized spacial score (nSPS) is 10.4. The molecule has 0 fully saturated rings. The summed E-state index contributed by atoms with van der Waals surface area (Å²) >= 11 is 5.17. The van der Waals surface area contributed by atoms with Crippen molar-refractivity contribution in [2.24, 2.45) is 0 Å². The van der Waals surface area contributed by atoms with E-state index in [-0.39, 0.29) is 5.91 Å². The summed E-state index contributed by atoms with van der Waals surface area (Å²) in [6.07, 6.45) is 0.947. The van der Waals surface area contributed by atoms with Crippen molar-refractivity contribution >= 4 is 33.2 Å². The van der Waals surface area contributed by atoms with Gasteiger partial charge in [-0.25, -0.2) is 0 Å². The van der Waals surface area contributed by atoms with E-state index in [0.717, 1.165) is 22.3 Å². The Bertz CT molecular complexity index is 542. The van der Waals surface area contributed by atoms with E-state index >= 15 is 0 Å². The number of carbonyl (C=O) groups is 1. The fraction of sp³-hybridized carbons (Fsp3) is 0.267. The van der Waals surface area contributed by atoms with Crippen LogP contribution in [-0.4, -0.2) is 19.0 Å². The van der Waals surface area contributed by atoms with E-state index in [1.54, 1.807) is 11.3 Å². The van der Waals surface area contributed by atoms with Gasteiger partial charge in [0.05, 0.1) is 10.3 Å². The predicted molar refractivity (Wildman–Crippen MR) is 86.9 cm³/mol. The number of rotatable bonds is 7. The first kappa shape index (κ1) is 15.2. The lowest BCUT2D eigenvalue weighted by Crippen LogP contribution is -2.34. The van der Waals surface area contributed by atoms with Gasteiger partial charge < -0.3 is 10.6 Å².